The summed E-state index contributed by atoms with van der Waals surface area (Å²) >= 11 is 0. The van der Waals surface area contributed by atoms with Crippen molar-refractivity contribution >= 4 is 29.9 Å². The van der Waals surface area contributed by atoms with Gasteiger partial charge in [-0.1, -0.05) is 31.4 Å². The van der Waals surface area contributed by atoms with Crippen molar-refractivity contribution in [1.29, 1.82) is 0 Å². The highest BCUT2D eigenvalue weighted by Gasteiger charge is 2.23. The van der Waals surface area contributed by atoms with Gasteiger partial charge in [0.05, 0.1) is 6.10 Å². The van der Waals surface area contributed by atoms with E-state index in [1.807, 2.05) is 0 Å². The smallest absolute Gasteiger partial charge is 0.191 e. The Morgan fingerprint density at radius 1 is 1.13 bits per heavy atom. The molecule has 1 heterocycles. The van der Waals surface area contributed by atoms with Crippen LogP contribution in [0, 0.1) is 11.7 Å². The predicted molar refractivity (Wildman–Crippen MR) is 132 cm³/mol. The van der Waals surface area contributed by atoms with Crippen molar-refractivity contribution in [2.24, 2.45) is 10.9 Å². The fourth-order valence-corrected chi connectivity index (χ4v) is 4.59. The molecule has 30 heavy (non-hydrogen) atoms. The van der Waals surface area contributed by atoms with Crippen LogP contribution in [0.5, 0.6) is 0 Å². The van der Waals surface area contributed by atoms with Crippen molar-refractivity contribution in [3.05, 3.63) is 35.6 Å². The minimum absolute atomic E-state index is 0. The maximum absolute atomic E-state index is 13.2. The van der Waals surface area contributed by atoms with Gasteiger partial charge in [-0.3, -0.25) is 4.99 Å². The normalized spacial score (nSPS) is 20.4. The maximum Gasteiger partial charge on any atom is 0.191 e. The Morgan fingerprint density at radius 3 is 2.40 bits per heavy atom. The first-order chi connectivity index (χ1) is 14.2. The van der Waals surface area contributed by atoms with Gasteiger partial charge in [0.25, 0.3) is 0 Å². The van der Waals surface area contributed by atoms with Gasteiger partial charge in [-0.2, -0.15) is 0 Å². The maximum atomic E-state index is 13.2. The molecule has 2 fully saturated rings. The van der Waals surface area contributed by atoms with Gasteiger partial charge in [0, 0.05) is 46.4 Å². The number of benzene rings is 1. The second-order valence-electron chi connectivity index (χ2n) is 8.45. The third-order valence-electron chi connectivity index (χ3n) is 6.37. The van der Waals surface area contributed by atoms with E-state index in [4.69, 9.17) is 4.74 Å². The van der Waals surface area contributed by atoms with E-state index >= 15 is 0 Å². The molecule has 0 aromatic heterocycles. The highest BCUT2D eigenvalue weighted by Crippen LogP contribution is 2.25. The van der Waals surface area contributed by atoms with E-state index < -0.39 is 0 Å². The lowest BCUT2D eigenvalue weighted by atomic mass is 9.88. The van der Waals surface area contributed by atoms with E-state index in [0.717, 1.165) is 30.3 Å². The molecule has 7 heteroatoms. The number of nitrogens with zero attached hydrogens (tertiary/aromatic N) is 2. The second kappa shape index (κ2) is 13.5. The highest BCUT2D eigenvalue weighted by molar-refractivity contribution is 14.0. The summed E-state index contributed by atoms with van der Waals surface area (Å²) in [6, 6.07) is 6.92. The number of piperidine rings is 1. The van der Waals surface area contributed by atoms with E-state index in [1.165, 1.54) is 63.9 Å². The number of hydrogen-bond donors (Lipinski definition) is 2. The number of nitrogens with one attached hydrogen (secondary N) is 2. The minimum Gasteiger partial charge on any atom is -0.375 e. The quantitative estimate of drug-likeness (QED) is 0.312. The number of likely N-dealkylation sites (tertiary alicyclic amines) is 1. The number of halogens is 2. The Balaban J connectivity index is 0.00000320. The van der Waals surface area contributed by atoms with Gasteiger partial charge in [0.2, 0.25) is 0 Å². The van der Waals surface area contributed by atoms with E-state index in [9.17, 15) is 4.39 Å². The van der Waals surface area contributed by atoms with E-state index in [2.05, 4.69) is 20.5 Å². The molecule has 0 amide bonds. The van der Waals surface area contributed by atoms with Crippen molar-refractivity contribution in [1.82, 2.24) is 15.5 Å². The Labute approximate surface area is 198 Å². The third-order valence-corrected chi connectivity index (χ3v) is 6.37. The van der Waals surface area contributed by atoms with E-state index in [1.54, 1.807) is 26.3 Å². The van der Waals surface area contributed by atoms with Crippen LogP contribution in [0.15, 0.2) is 29.3 Å². The predicted octanol–water partition coefficient (Wildman–Crippen LogP) is 4.34. The number of aliphatic imine (C=N–C) groups is 1. The van der Waals surface area contributed by atoms with Gasteiger partial charge < -0.3 is 20.3 Å². The highest BCUT2D eigenvalue weighted by atomic mass is 127. The second-order valence-corrected chi connectivity index (χ2v) is 8.45. The summed E-state index contributed by atoms with van der Waals surface area (Å²) in [5, 5.41) is 6.93. The molecule has 1 unspecified atom stereocenters. The van der Waals surface area contributed by atoms with Crippen LogP contribution < -0.4 is 10.6 Å². The zero-order valence-electron chi connectivity index (χ0n) is 18.4. The SMILES string of the molecule is CN=C(NCC(OC)c1ccc(F)cc1)NC1CCN(CC2CCCCC2)CC1.I. The lowest BCUT2D eigenvalue weighted by Gasteiger charge is -2.36. The van der Waals surface area contributed by atoms with Crippen molar-refractivity contribution in [3.8, 4) is 0 Å². The molecule has 1 aliphatic carbocycles. The molecule has 1 aliphatic heterocycles. The van der Waals surface area contributed by atoms with Crippen LogP contribution in [-0.2, 0) is 4.74 Å². The molecule has 1 atom stereocenters. The number of ether oxygens (including phenoxy) is 1. The Bertz CT molecular complexity index is 629. The average Bonchev–Trinajstić information content (AvgIpc) is 2.76. The molecule has 1 aromatic rings. The molecule has 1 saturated carbocycles. The third kappa shape index (κ3) is 7.96. The first-order valence-electron chi connectivity index (χ1n) is 11.2. The molecule has 2 aliphatic rings. The first kappa shape index (κ1) is 25.3. The monoisotopic (exact) mass is 532 g/mol. The Hall–Kier alpha value is -0.930. The molecule has 0 bridgehead atoms. The van der Waals surface area contributed by atoms with E-state index in [-0.39, 0.29) is 35.9 Å². The number of rotatable bonds is 7. The lowest BCUT2D eigenvalue weighted by molar-refractivity contribution is 0.106. The van der Waals surface area contributed by atoms with Crippen LogP contribution in [-0.4, -0.2) is 57.2 Å². The van der Waals surface area contributed by atoms with Gasteiger partial charge >= 0.3 is 0 Å². The first-order valence-corrected chi connectivity index (χ1v) is 11.2. The molecule has 3 rings (SSSR count). The number of hydrogen-bond acceptors (Lipinski definition) is 3. The summed E-state index contributed by atoms with van der Waals surface area (Å²) in [4.78, 5) is 7.03. The molecule has 0 spiro atoms. The summed E-state index contributed by atoms with van der Waals surface area (Å²) in [6.07, 6.45) is 9.27. The van der Waals surface area contributed by atoms with Gasteiger partial charge in [0.15, 0.2) is 5.96 Å². The largest absolute Gasteiger partial charge is 0.375 e. The van der Waals surface area contributed by atoms with Gasteiger partial charge in [-0.15, -0.1) is 24.0 Å². The molecule has 0 radical (unpaired) electrons. The minimum atomic E-state index is -0.233. The van der Waals surface area contributed by atoms with Crippen molar-refractivity contribution in [3.63, 3.8) is 0 Å². The zero-order chi connectivity index (χ0) is 20.5. The van der Waals surface area contributed by atoms with Gasteiger partial charge in [-0.05, 0) is 49.3 Å². The Morgan fingerprint density at radius 2 is 1.80 bits per heavy atom. The topological polar surface area (TPSA) is 48.9 Å². The van der Waals surface area contributed by atoms with E-state index in [0.29, 0.717) is 12.6 Å². The van der Waals surface area contributed by atoms with Crippen LogP contribution in [0.1, 0.15) is 56.6 Å². The van der Waals surface area contributed by atoms with Crippen LogP contribution in [0.4, 0.5) is 4.39 Å². The summed E-state index contributed by atoms with van der Waals surface area (Å²) in [6.45, 7) is 4.21. The zero-order valence-corrected chi connectivity index (χ0v) is 20.7. The lowest BCUT2D eigenvalue weighted by Crippen LogP contribution is -2.50. The summed E-state index contributed by atoms with van der Waals surface area (Å²) in [5.41, 5.74) is 0.952. The average molecular weight is 532 g/mol. The van der Waals surface area contributed by atoms with Crippen LogP contribution in [0.25, 0.3) is 0 Å². The molecule has 170 valence electrons. The molecule has 2 N–H and O–H groups in total. The molecular formula is C23H38FIN4O. The summed E-state index contributed by atoms with van der Waals surface area (Å²) < 4.78 is 18.7. The van der Waals surface area contributed by atoms with Crippen molar-refractivity contribution < 1.29 is 9.13 Å². The molecule has 1 saturated heterocycles. The van der Waals surface area contributed by atoms with Gasteiger partial charge in [0.1, 0.15) is 5.82 Å². The molecule has 5 nitrogen and oxygen atoms in total. The summed E-state index contributed by atoms with van der Waals surface area (Å²) in [5.74, 6) is 1.49. The fourth-order valence-electron chi connectivity index (χ4n) is 4.59. The van der Waals surface area contributed by atoms with Crippen molar-refractivity contribution in [2.75, 3.05) is 40.3 Å². The van der Waals surface area contributed by atoms with Gasteiger partial charge in [-0.25, -0.2) is 4.39 Å². The molecular weight excluding hydrogens is 494 g/mol. The molecule has 1 aromatic carbocycles. The number of methoxy groups -OCH3 is 1. The van der Waals surface area contributed by atoms with Crippen LogP contribution >= 0.6 is 24.0 Å². The fraction of sp³-hybridized carbons (Fsp3) is 0.696. The van der Waals surface area contributed by atoms with Crippen LogP contribution in [0.3, 0.4) is 0 Å². The Kier molecular flexibility index (Phi) is 11.4. The summed E-state index contributed by atoms with van der Waals surface area (Å²) in [7, 11) is 3.47. The number of guanidine groups is 1. The standard InChI is InChI=1S/C23H37FN4O.HI/c1-25-23(26-16-22(29-2)19-8-10-20(24)11-9-19)27-21-12-14-28(15-13-21)17-18-6-4-3-5-7-18;/h8-11,18,21-22H,3-7,12-17H2,1-2H3,(H2,25,26,27);1H. The van der Waals surface area contributed by atoms with Crippen molar-refractivity contribution in [2.45, 2.75) is 57.1 Å². The van der Waals surface area contributed by atoms with Crippen LogP contribution in [0.2, 0.25) is 0 Å².